The lowest BCUT2D eigenvalue weighted by molar-refractivity contribution is -0.152. The topological polar surface area (TPSA) is 84.0 Å². The van der Waals surface area contributed by atoms with E-state index in [1.807, 2.05) is 30.3 Å². The fraction of sp³-hybridized carbons (Fsp3) is 0.333. The van der Waals surface area contributed by atoms with Gasteiger partial charge in [-0.05, 0) is 36.2 Å². The van der Waals surface area contributed by atoms with Crippen molar-refractivity contribution in [3.05, 3.63) is 65.2 Å². The van der Waals surface area contributed by atoms with Crippen LogP contribution in [0, 0.1) is 0 Å². The Bertz CT molecular complexity index is 972. The van der Waals surface area contributed by atoms with Crippen molar-refractivity contribution in [3.8, 4) is 0 Å². The molecule has 0 aliphatic carbocycles. The van der Waals surface area contributed by atoms with Crippen molar-refractivity contribution < 1.29 is 22.7 Å². The van der Waals surface area contributed by atoms with E-state index in [-0.39, 0.29) is 50.0 Å². The summed E-state index contributed by atoms with van der Waals surface area (Å²) in [6.07, 6.45) is 0.750. The predicted octanol–water partition coefficient (Wildman–Crippen LogP) is 2.35. The van der Waals surface area contributed by atoms with E-state index in [0.717, 1.165) is 5.56 Å². The molecule has 9 heteroatoms. The summed E-state index contributed by atoms with van der Waals surface area (Å²) in [6, 6.07) is 15.5. The van der Waals surface area contributed by atoms with E-state index in [1.165, 1.54) is 33.5 Å². The first-order chi connectivity index (χ1) is 14.4. The number of aryl methyl sites for hydroxylation is 1. The summed E-state index contributed by atoms with van der Waals surface area (Å²) in [5, 5.41) is 0.461. The number of rotatable bonds is 7. The Hall–Kier alpha value is -2.42. The summed E-state index contributed by atoms with van der Waals surface area (Å²) >= 11 is 5.82. The number of piperazine rings is 1. The molecular weight excluding hydrogens is 428 g/mol. The standard InChI is InChI=1S/C21H23ClN2O5S/c22-18-7-9-19(10-8-18)30(27,28)24-14-12-23(13-15-24)20(25)16-29-21(26)11-6-17-4-2-1-3-5-17/h1-5,7-10H,6,11-16H2. The van der Waals surface area contributed by atoms with Gasteiger partial charge in [0.25, 0.3) is 5.91 Å². The van der Waals surface area contributed by atoms with Gasteiger partial charge in [-0.2, -0.15) is 4.31 Å². The molecule has 0 saturated carbocycles. The number of benzene rings is 2. The van der Waals surface area contributed by atoms with E-state index in [1.54, 1.807) is 0 Å². The van der Waals surface area contributed by atoms with Crippen LogP contribution in [-0.4, -0.2) is 62.3 Å². The maximum Gasteiger partial charge on any atom is 0.306 e. The van der Waals surface area contributed by atoms with Crippen LogP contribution in [0.1, 0.15) is 12.0 Å². The average Bonchev–Trinajstić information content (AvgIpc) is 2.77. The molecular formula is C21H23ClN2O5S. The van der Waals surface area contributed by atoms with Gasteiger partial charge in [0.1, 0.15) is 0 Å². The fourth-order valence-corrected chi connectivity index (χ4v) is 4.68. The first-order valence-electron chi connectivity index (χ1n) is 9.59. The highest BCUT2D eigenvalue weighted by Crippen LogP contribution is 2.20. The van der Waals surface area contributed by atoms with Crippen LogP contribution in [0.15, 0.2) is 59.5 Å². The minimum absolute atomic E-state index is 0.166. The van der Waals surface area contributed by atoms with E-state index >= 15 is 0 Å². The smallest absolute Gasteiger partial charge is 0.306 e. The quantitative estimate of drug-likeness (QED) is 0.604. The van der Waals surface area contributed by atoms with Crippen molar-refractivity contribution in [2.45, 2.75) is 17.7 Å². The summed E-state index contributed by atoms with van der Waals surface area (Å²) in [5.41, 5.74) is 1.03. The van der Waals surface area contributed by atoms with Crippen molar-refractivity contribution >= 4 is 33.5 Å². The predicted molar refractivity (Wildman–Crippen MR) is 113 cm³/mol. The van der Waals surface area contributed by atoms with Crippen molar-refractivity contribution in [2.75, 3.05) is 32.8 Å². The van der Waals surface area contributed by atoms with Crippen LogP contribution in [0.2, 0.25) is 5.02 Å². The van der Waals surface area contributed by atoms with Gasteiger partial charge in [0.15, 0.2) is 6.61 Å². The van der Waals surface area contributed by atoms with Gasteiger partial charge in [-0.15, -0.1) is 0 Å². The van der Waals surface area contributed by atoms with Crippen molar-refractivity contribution in [1.82, 2.24) is 9.21 Å². The third-order valence-corrected chi connectivity index (χ3v) is 7.02. The molecule has 2 aromatic carbocycles. The molecule has 1 aliphatic rings. The summed E-state index contributed by atoms with van der Waals surface area (Å²) in [4.78, 5) is 25.9. The minimum Gasteiger partial charge on any atom is -0.456 e. The van der Waals surface area contributed by atoms with Gasteiger partial charge in [0.05, 0.1) is 4.90 Å². The van der Waals surface area contributed by atoms with Crippen LogP contribution in [-0.2, 0) is 30.8 Å². The lowest BCUT2D eigenvalue weighted by Gasteiger charge is -2.33. The number of esters is 1. The second-order valence-electron chi connectivity index (χ2n) is 6.89. The zero-order chi connectivity index (χ0) is 21.6. The van der Waals surface area contributed by atoms with Gasteiger partial charge in [-0.3, -0.25) is 9.59 Å². The SMILES string of the molecule is O=C(CCc1ccccc1)OCC(=O)N1CCN(S(=O)(=O)c2ccc(Cl)cc2)CC1. The summed E-state index contributed by atoms with van der Waals surface area (Å²) < 4.78 is 31.8. The fourth-order valence-electron chi connectivity index (χ4n) is 3.13. The summed E-state index contributed by atoms with van der Waals surface area (Å²) in [7, 11) is -3.64. The molecule has 1 fully saturated rings. The van der Waals surface area contributed by atoms with Crippen molar-refractivity contribution in [2.24, 2.45) is 0 Å². The molecule has 0 atom stereocenters. The zero-order valence-corrected chi connectivity index (χ0v) is 17.9. The number of carbonyl (C=O) groups is 2. The molecule has 0 aromatic heterocycles. The maximum absolute atomic E-state index is 12.7. The maximum atomic E-state index is 12.7. The number of sulfonamides is 1. The van der Waals surface area contributed by atoms with Crippen molar-refractivity contribution in [3.63, 3.8) is 0 Å². The molecule has 1 aliphatic heterocycles. The molecule has 1 heterocycles. The number of hydrogen-bond donors (Lipinski definition) is 0. The van der Waals surface area contributed by atoms with Crippen LogP contribution in [0.5, 0.6) is 0 Å². The molecule has 0 spiro atoms. The lowest BCUT2D eigenvalue weighted by Crippen LogP contribution is -2.51. The Kier molecular flexibility index (Phi) is 7.47. The van der Waals surface area contributed by atoms with Gasteiger partial charge in [-0.1, -0.05) is 41.9 Å². The Labute approximate surface area is 181 Å². The molecule has 1 amide bonds. The average molecular weight is 451 g/mol. The molecule has 0 N–H and O–H groups in total. The Morgan fingerprint density at radius 1 is 0.933 bits per heavy atom. The monoisotopic (exact) mass is 450 g/mol. The largest absolute Gasteiger partial charge is 0.456 e. The van der Waals surface area contributed by atoms with Gasteiger partial charge >= 0.3 is 5.97 Å². The van der Waals surface area contributed by atoms with Crippen LogP contribution in [0.4, 0.5) is 0 Å². The van der Waals surface area contributed by atoms with Crippen LogP contribution in [0.3, 0.4) is 0 Å². The molecule has 0 radical (unpaired) electrons. The van der Waals surface area contributed by atoms with Gasteiger partial charge < -0.3 is 9.64 Å². The third kappa shape index (κ3) is 5.81. The highest BCUT2D eigenvalue weighted by atomic mass is 35.5. The number of carbonyl (C=O) groups excluding carboxylic acids is 2. The third-order valence-electron chi connectivity index (χ3n) is 4.86. The minimum atomic E-state index is -3.64. The summed E-state index contributed by atoms with van der Waals surface area (Å²) in [6.45, 7) is 0.509. The Morgan fingerprint density at radius 2 is 1.57 bits per heavy atom. The van der Waals surface area contributed by atoms with E-state index in [0.29, 0.717) is 11.4 Å². The van der Waals surface area contributed by atoms with Crippen LogP contribution >= 0.6 is 11.6 Å². The molecule has 0 unspecified atom stereocenters. The van der Waals surface area contributed by atoms with Crippen molar-refractivity contribution in [1.29, 1.82) is 0 Å². The zero-order valence-electron chi connectivity index (χ0n) is 16.4. The Balaban J connectivity index is 1.43. The first-order valence-corrected chi connectivity index (χ1v) is 11.4. The van der Waals surface area contributed by atoms with E-state index in [4.69, 9.17) is 16.3 Å². The molecule has 2 aromatic rings. The normalized spacial score (nSPS) is 15.0. The van der Waals surface area contributed by atoms with Gasteiger partial charge in [-0.25, -0.2) is 8.42 Å². The number of hydrogen-bond acceptors (Lipinski definition) is 5. The molecule has 7 nitrogen and oxygen atoms in total. The molecule has 3 rings (SSSR count). The number of nitrogens with zero attached hydrogens (tertiary/aromatic N) is 2. The Morgan fingerprint density at radius 3 is 2.20 bits per heavy atom. The van der Waals surface area contributed by atoms with Crippen LogP contribution < -0.4 is 0 Å². The number of halogens is 1. The second kappa shape index (κ2) is 10.1. The van der Waals surface area contributed by atoms with Gasteiger partial charge in [0, 0.05) is 37.6 Å². The highest BCUT2D eigenvalue weighted by molar-refractivity contribution is 7.89. The van der Waals surface area contributed by atoms with Crippen LogP contribution in [0.25, 0.3) is 0 Å². The lowest BCUT2D eigenvalue weighted by atomic mass is 10.1. The van der Waals surface area contributed by atoms with E-state index in [9.17, 15) is 18.0 Å². The molecule has 0 bridgehead atoms. The second-order valence-corrected chi connectivity index (χ2v) is 9.26. The number of ether oxygens (including phenoxy) is 1. The van der Waals surface area contributed by atoms with E-state index < -0.39 is 16.0 Å². The molecule has 160 valence electrons. The van der Waals surface area contributed by atoms with Gasteiger partial charge in [0.2, 0.25) is 10.0 Å². The van der Waals surface area contributed by atoms with E-state index in [2.05, 4.69) is 0 Å². The molecule has 1 saturated heterocycles. The first kappa shape index (κ1) is 22.3. The summed E-state index contributed by atoms with van der Waals surface area (Å²) in [5.74, 6) is -0.761. The number of amides is 1. The highest BCUT2D eigenvalue weighted by Gasteiger charge is 2.30. The molecule has 30 heavy (non-hydrogen) atoms.